The van der Waals surface area contributed by atoms with Crippen molar-refractivity contribution in [2.75, 3.05) is 26.2 Å². The molecule has 24 heavy (non-hydrogen) atoms. The second-order valence-electron chi connectivity index (χ2n) is 6.71. The molecule has 1 fully saturated rings. The van der Waals surface area contributed by atoms with Crippen molar-refractivity contribution in [3.05, 3.63) is 17.7 Å². The number of hydroxylamine groups is 2. The van der Waals surface area contributed by atoms with E-state index >= 15 is 0 Å². The second kappa shape index (κ2) is 6.56. The number of phenols is 3. The summed E-state index contributed by atoms with van der Waals surface area (Å²) < 4.78 is 0. The molecule has 1 aromatic carbocycles. The van der Waals surface area contributed by atoms with E-state index in [9.17, 15) is 24.9 Å². The number of rotatable bonds is 2. The van der Waals surface area contributed by atoms with Gasteiger partial charge in [-0.15, -0.1) is 5.06 Å². The zero-order chi connectivity index (χ0) is 18.1. The lowest BCUT2D eigenvalue weighted by molar-refractivity contribution is -0.205. The van der Waals surface area contributed by atoms with Crippen LogP contribution in [0.4, 0.5) is 0 Å². The molecule has 8 heteroatoms. The minimum atomic E-state index is -0.662. The van der Waals surface area contributed by atoms with Crippen molar-refractivity contribution < 1.29 is 29.7 Å². The highest BCUT2D eigenvalue weighted by Crippen LogP contribution is 2.35. The second-order valence-corrected chi connectivity index (χ2v) is 6.71. The summed E-state index contributed by atoms with van der Waals surface area (Å²) in [6.45, 7) is 6.68. The van der Waals surface area contributed by atoms with E-state index < -0.39 is 22.7 Å². The van der Waals surface area contributed by atoms with Crippen LogP contribution in [-0.2, 0) is 9.63 Å². The zero-order valence-corrected chi connectivity index (χ0v) is 13.9. The number of aromatic hydroxyl groups is 3. The molecule has 0 aliphatic carbocycles. The molecule has 132 valence electrons. The van der Waals surface area contributed by atoms with Gasteiger partial charge in [0.2, 0.25) is 0 Å². The van der Waals surface area contributed by atoms with E-state index in [1.54, 1.807) is 20.8 Å². The van der Waals surface area contributed by atoms with Crippen LogP contribution in [0.25, 0.3) is 0 Å². The Labute approximate surface area is 139 Å². The van der Waals surface area contributed by atoms with Gasteiger partial charge < -0.3 is 25.1 Å². The summed E-state index contributed by atoms with van der Waals surface area (Å²) in [6.07, 6.45) is 0. The van der Waals surface area contributed by atoms with Gasteiger partial charge >= 0.3 is 5.97 Å². The number of benzene rings is 1. The van der Waals surface area contributed by atoms with Gasteiger partial charge in [0, 0.05) is 18.7 Å². The van der Waals surface area contributed by atoms with Gasteiger partial charge in [-0.2, -0.15) is 0 Å². The highest BCUT2D eigenvalue weighted by molar-refractivity contribution is 5.95. The van der Waals surface area contributed by atoms with Crippen LogP contribution < -0.4 is 0 Å². The molecular formula is C16H22N2O6. The van der Waals surface area contributed by atoms with Crippen LogP contribution in [0.15, 0.2) is 12.1 Å². The number of phenolic OH excluding ortho intramolecular Hbond substituents is 3. The maximum Gasteiger partial charge on any atom is 0.330 e. The number of amides is 1. The van der Waals surface area contributed by atoms with Crippen LogP contribution in [0.1, 0.15) is 31.1 Å². The third kappa shape index (κ3) is 3.88. The molecule has 1 aliphatic rings. The van der Waals surface area contributed by atoms with Gasteiger partial charge in [0.05, 0.1) is 18.5 Å². The lowest BCUT2D eigenvalue weighted by Gasteiger charge is -2.34. The van der Waals surface area contributed by atoms with E-state index in [2.05, 4.69) is 0 Å². The Morgan fingerprint density at radius 3 is 1.96 bits per heavy atom. The van der Waals surface area contributed by atoms with Gasteiger partial charge in [-0.05, 0) is 32.9 Å². The first-order valence-corrected chi connectivity index (χ1v) is 7.61. The summed E-state index contributed by atoms with van der Waals surface area (Å²) in [5.41, 5.74) is -0.531. The van der Waals surface area contributed by atoms with Gasteiger partial charge in [-0.1, -0.05) is 0 Å². The van der Waals surface area contributed by atoms with Crippen LogP contribution in [0.3, 0.4) is 0 Å². The highest BCUT2D eigenvalue weighted by atomic mass is 16.7. The van der Waals surface area contributed by atoms with Crippen molar-refractivity contribution >= 4 is 11.9 Å². The maximum atomic E-state index is 12.4. The summed E-state index contributed by atoms with van der Waals surface area (Å²) in [5.74, 6) is -2.50. The standard InChI is InChI=1S/C16H22N2O6/c1-16(2,3)15(23)24-18-6-4-17(5-7-18)14(22)10-8-11(19)13(21)12(20)9-10/h8-9,19-21H,4-7H2,1-3H3. The van der Waals surface area contributed by atoms with Crippen molar-refractivity contribution in [2.24, 2.45) is 5.41 Å². The van der Waals surface area contributed by atoms with E-state index in [1.165, 1.54) is 9.96 Å². The molecule has 0 spiro atoms. The first kappa shape index (κ1) is 17.9. The fourth-order valence-electron chi connectivity index (χ4n) is 2.15. The quantitative estimate of drug-likeness (QED) is 0.692. The van der Waals surface area contributed by atoms with Gasteiger partial charge in [0.1, 0.15) is 0 Å². The average Bonchev–Trinajstić information content (AvgIpc) is 2.51. The Hall–Kier alpha value is -2.48. The number of carbonyl (C=O) groups excluding carboxylic acids is 2. The van der Waals surface area contributed by atoms with Crippen molar-refractivity contribution in [1.29, 1.82) is 0 Å². The van der Waals surface area contributed by atoms with Crippen molar-refractivity contribution in [3.63, 3.8) is 0 Å². The molecule has 0 aromatic heterocycles. The summed E-state index contributed by atoms with van der Waals surface area (Å²) in [4.78, 5) is 31.1. The molecule has 1 aromatic rings. The summed E-state index contributed by atoms with van der Waals surface area (Å²) in [7, 11) is 0. The molecule has 2 rings (SSSR count). The zero-order valence-electron chi connectivity index (χ0n) is 13.9. The van der Waals surface area contributed by atoms with Gasteiger partial charge in [-0.25, -0.2) is 4.79 Å². The van der Waals surface area contributed by atoms with E-state index in [0.717, 1.165) is 12.1 Å². The van der Waals surface area contributed by atoms with Gasteiger partial charge in [0.25, 0.3) is 5.91 Å². The van der Waals surface area contributed by atoms with E-state index in [1.807, 2.05) is 0 Å². The molecule has 8 nitrogen and oxygen atoms in total. The fraction of sp³-hybridized carbons (Fsp3) is 0.500. The molecule has 1 amide bonds. The van der Waals surface area contributed by atoms with Crippen LogP contribution in [0.5, 0.6) is 17.2 Å². The minimum absolute atomic E-state index is 0.0722. The summed E-state index contributed by atoms with van der Waals surface area (Å²) in [6, 6.07) is 2.20. The van der Waals surface area contributed by atoms with E-state index in [4.69, 9.17) is 4.84 Å². The van der Waals surface area contributed by atoms with Crippen LogP contribution in [0, 0.1) is 5.41 Å². The lowest BCUT2D eigenvalue weighted by atomic mass is 9.98. The van der Waals surface area contributed by atoms with Crippen LogP contribution in [-0.4, -0.2) is 63.3 Å². The molecule has 1 heterocycles. The average molecular weight is 338 g/mol. The Balaban J connectivity index is 1.97. The smallest absolute Gasteiger partial charge is 0.330 e. The predicted octanol–water partition coefficient (Wildman–Crippen LogP) is 1.07. The molecule has 1 aliphatic heterocycles. The number of carbonyl (C=O) groups is 2. The first-order valence-electron chi connectivity index (χ1n) is 7.61. The van der Waals surface area contributed by atoms with E-state index in [-0.39, 0.29) is 17.4 Å². The first-order chi connectivity index (χ1) is 11.1. The Bertz CT molecular complexity index is 621. The van der Waals surface area contributed by atoms with Crippen LogP contribution in [0.2, 0.25) is 0 Å². The number of hydrogen-bond donors (Lipinski definition) is 3. The highest BCUT2D eigenvalue weighted by Gasteiger charge is 2.29. The summed E-state index contributed by atoms with van der Waals surface area (Å²) in [5, 5.41) is 29.8. The fourth-order valence-corrected chi connectivity index (χ4v) is 2.15. The topological polar surface area (TPSA) is 111 Å². The number of hydrogen-bond acceptors (Lipinski definition) is 7. The van der Waals surface area contributed by atoms with Gasteiger partial charge in [0.15, 0.2) is 17.2 Å². The monoisotopic (exact) mass is 338 g/mol. The molecular weight excluding hydrogens is 316 g/mol. The van der Waals surface area contributed by atoms with Crippen molar-refractivity contribution in [2.45, 2.75) is 20.8 Å². The Morgan fingerprint density at radius 1 is 1.00 bits per heavy atom. The molecule has 0 bridgehead atoms. The van der Waals surface area contributed by atoms with Crippen molar-refractivity contribution in [1.82, 2.24) is 9.96 Å². The van der Waals surface area contributed by atoms with Gasteiger partial charge in [-0.3, -0.25) is 4.79 Å². The predicted molar refractivity (Wildman–Crippen MR) is 84.5 cm³/mol. The third-order valence-electron chi connectivity index (χ3n) is 3.67. The summed E-state index contributed by atoms with van der Waals surface area (Å²) >= 11 is 0. The molecule has 0 unspecified atom stereocenters. The van der Waals surface area contributed by atoms with E-state index in [0.29, 0.717) is 26.2 Å². The molecule has 1 saturated heterocycles. The Kier molecular flexibility index (Phi) is 4.88. The van der Waals surface area contributed by atoms with Crippen molar-refractivity contribution in [3.8, 4) is 17.2 Å². The third-order valence-corrected chi connectivity index (χ3v) is 3.67. The number of nitrogens with zero attached hydrogens (tertiary/aromatic N) is 2. The minimum Gasteiger partial charge on any atom is -0.504 e. The largest absolute Gasteiger partial charge is 0.504 e. The maximum absolute atomic E-state index is 12.4. The molecule has 0 radical (unpaired) electrons. The lowest BCUT2D eigenvalue weighted by Crippen LogP contribution is -2.49. The number of piperazine rings is 1. The molecule has 0 atom stereocenters. The Morgan fingerprint density at radius 2 is 1.50 bits per heavy atom. The van der Waals surface area contributed by atoms with Crippen LogP contribution >= 0.6 is 0 Å². The SMILES string of the molecule is CC(C)(C)C(=O)ON1CCN(C(=O)c2cc(O)c(O)c(O)c2)CC1. The molecule has 3 N–H and O–H groups in total. The normalized spacial score (nSPS) is 16.0. The molecule has 0 saturated carbocycles.